The van der Waals surface area contributed by atoms with Gasteiger partial charge in [0, 0.05) is 18.6 Å². The second-order valence-electron chi connectivity index (χ2n) is 4.60. The SMILES string of the molecule is CNC(=O)c1cc2ccncc2n1-c1ccccc1S(=O)O. The van der Waals surface area contributed by atoms with E-state index >= 15 is 0 Å². The van der Waals surface area contributed by atoms with Crippen molar-refractivity contribution in [2.45, 2.75) is 4.90 Å². The molecule has 1 atom stereocenters. The minimum Gasteiger partial charge on any atom is -0.354 e. The summed E-state index contributed by atoms with van der Waals surface area (Å²) in [6.07, 6.45) is 3.26. The molecule has 7 heteroatoms. The van der Waals surface area contributed by atoms with Crippen LogP contribution in [0.15, 0.2) is 53.7 Å². The fourth-order valence-corrected chi connectivity index (χ4v) is 2.92. The van der Waals surface area contributed by atoms with Gasteiger partial charge in [-0.3, -0.25) is 9.78 Å². The molecule has 22 heavy (non-hydrogen) atoms. The lowest BCUT2D eigenvalue weighted by molar-refractivity contribution is 0.0956. The van der Waals surface area contributed by atoms with E-state index in [1.165, 1.54) is 0 Å². The molecule has 0 bridgehead atoms. The molecule has 112 valence electrons. The summed E-state index contributed by atoms with van der Waals surface area (Å²) in [5.74, 6) is -0.283. The zero-order chi connectivity index (χ0) is 15.7. The molecule has 6 nitrogen and oxygen atoms in total. The number of nitrogens with zero attached hydrogens (tertiary/aromatic N) is 2. The van der Waals surface area contributed by atoms with Gasteiger partial charge in [-0.1, -0.05) is 12.1 Å². The predicted octanol–water partition coefficient (Wildman–Crippen LogP) is 1.97. The zero-order valence-electron chi connectivity index (χ0n) is 11.7. The van der Waals surface area contributed by atoms with Crippen LogP contribution in [0.25, 0.3) is 16.6 Å². The van der Waals surface area contributed by atoms with E-state index < -0.39 is 11.1 Å². The van der Waals surface area contributed by atoms with Gasteiger partial charge < -0.3 is 14.4 Å². The van der Waals surface area contributed by atoms with Gasteiger partial charge in [0.1, 0.15) is 5.69 Å². The van der Waals surface area contributed by atoms with Gasteiger partial charge in [0.15, 0.2) is 11.1 Å². The molecule has 1 unspecified atom stereocenters. The van der Waals surface area contributed by atoms with E-state index in [0.717, 1.165) is 5.39 Å². The lowest BCUT2D eigenvalue weighted by Gasteiger charge is -2.12. The van der Waals surface area contributed by atoms with Crippen LogP contribution in [0.1, 0.15) is 10.5 Å². The highest BCUT2D eigenvalue weighted by molar-refractivity contribution is 7.79. The molecule has 3 rings (SSSR count). The molecule has 0 aliphatic carbocycles. The third-order valence-electron chi connectivity index (χ3n) is 3.36. The van der Waals surface area contributed by atoms with E-state index in [2.05, 4.69) is 10.3 Å². The monoisotopic (exact) mass is 315 g/mol. The highest BCUT2D eigenvalue weighted by Crippen LogP contribution is 2.27. The summed E-state index contributed by atoms with van der Waals surface area (Å²) in [7, 11) is 1.54. The van der Waals surface area contributed by atoms with Crippen molar-refractivity contribution in [1.82, 2.24) is 14.9 Å². The number of para-hydroxylation sites is 1. The quantitative estimate of drug-likeness (QED) is 0.724. The number of carbonyl (C=O) groups excluding carboxylic acids is 1. The number of hydrogen-bond donors (Lipinski definition) is 2. The normalized spacial score (nSPS) is 12.3. The number of carbonyl (C=O) groups is 1. The molecule has 0 saturated heterocycles. The van der Waals surface area contributed by atoms with E-state index in [0.29, 0.717) is 16.9 Å². The van der Waals surface area contributed by atoms with Crippen molar-refractivity contribution in [2.75, 3.05) is 7.05 Å². The highest BCUT2D eigenvalue weighted by atomic mass is 32.2. The second-order valence-corrected chi connectivity index (χ2v) is 5.53. The van der Waals surface area contributed by atoms with Crippen LogP contribution >= 0.6 is 0 Å². The van der Waals surface area contributed by atoms with E-state index in [1.54, 1.807) is 60.4 Å². The van der Waals surface area contributed by atoms with Crippen molar-refractivity contribution in [2.24, 2.45) is 0 Å². The van der Waals surface area contributed by atoms with Crippen molar-refractivity contribution in [3.63, 3.8) is 0 Å². The van der Waals surface area contributed by atoms with Gasteiger partial charge in [-0.25, -0.2) is 4.21 Å². The number of hydrogen-bond acceptors (Lipinski definition) is 3. The number of amides is 1. The minimum atomic E-state index is -2.16. The largest absolute Gasteiger partial charge is 0.354 e. The Labute approximate surface area is 129 Å². The predicted molar refractivity (Wildman–Crippen MR) is 83.5 cm³/mol. The molecule has 2 heterocycles. The van der Waals surface area contributed by atoms with Crippen LogP contribution in [0.5, 0.6) is 0 Å². The number of aromatic nitrogens is 2. The van der Waals surface area contributed by atoms with Gasteiger partial charge in [-0.15, -0.1) is 0 Å². The molecule has 2 aromatic heterocycles. The molecule has 0 fully saturated rings. The minimum absolute atomic E-state index is 0.231. The fourth-order valence-electron chi connectivity index (χ4n) is 2.39. The Morgan fingerprint density at radius 2 is 2.09 bits per heavy atom. The van der Waals surface area contributed by atoms with Gasteiger partial charge >= 0.3 is 0 Å². The van der Waals surface area contributed by atoms with Crippen LogP contribution in [-0.4, -0.2) is 31.3 Å². The van der Waals surface area contributed by atoms with Gasteiger partial charge in [0.05, 0.1) is 22.3 Å². The van der Waals surface area contributed by atoms with Gasteiger partial charge in [0.25, 0.3) is 5.91 Å². The van der Waals surface area contributed by atoms with Crippen LogP contribution in [0, 0.1) is 0 Å². The average molecular weight is 315 g/mol. The number of fused-ring (bicyclic) bond motifs is 1. The molecule has 1 amide bonds. The van der Waals surface area contributed by atoms with Crippen LogP contribution in [-0.2, 0) is 11.1 Å². The summed E-state index contributed by atoms with van der Waals surface area (Å²) in [6, 6.07) is 10.2. The second kappa shape index (κ2) is 5.70. The lowest BCUT2D eigenvalue weighted by Crippen LogP contribution is -2.21. The summed E-state index contributed by atoms with van der Waals surface area (Å²) < 4.78 is 22.7. The first-order chi connectivity index (χ1) is 10.6. The molecular weight excluding hydrogens is 302 g/mol. The maximum atomic E-state index is 12.2. The van der Waals surface area contributed by atoms with E-state index in [-0.39, 0.29) is 10.8 Å². The number of nitrogens with one attached hydrogen (secondary N) is 1. The molecule has 0 radical (unpaired) electrons. The molecular formula is C15H13N3O3S. The number of rotatable bonds is 3. The van der Waals surface area contributed by atoms with Crippen LogP contribution in [0.4, 0.5) is 0 Å². The summed E-state index contributed by atoms with van der Waals surface area (Å²) in [4.78, 5) is 16.5. The summed E-state index contributed by atoms with van der Waals surface area (Å²) in [6.45, 7) is 0. The topological polar surface area (TPSA) is 84.2 Å². The van der Waals surface area contributed by atoms with E-state index in [4.69, 9.17) is 0 Å². The van der Waals surface area contributed by atoms with Crippen molar-refractivity contribution in [3.8, 4) is 5.69 Å². The zero-order valence-corrected chi connectivity index (χ0v) is 12.5. The average Bonchev–Trinajstić information content (AvgIpc) is 2.93. The standard InChI is InChI=1S/C15H13N3O3S/c1-16-15(19)12-8-10-6-7-17-9-13(10)18(12)11-4-2-3-5-14(11)22(20)21/h2-9H,1H3,(H,16,19)(H,20,21). The number of benzene rings is 1. The Bertz CT molecular complexity index is 889. The Morgan fingerprint density at radius 1 is 1.32 bits per heavy atom. The van der Waals surface area contributed by atoms with Crippen molar-refractivity contribution in [1.29, 1.82) is 0 Å². The summed E-state index contributed by atoms with van der Waals surface area (Å²) >= 11 is -2.16. The maximum absolute atomic E-state index is 12.2. The maximum Gasteiger partial charge on any atom is 0.268 e. The molecule has 3 aromatic rings. The van der Waals surface area contributed by atoms with Crippen molar-refractivity contribution >= 4 is 27.9 Å². The smallest absolute Gasteiger partial charge is 0.268 e. The molecule has 1 aromatic carbocycles. The molecule has 2 N–H and O–H groups in total. The summed E-state index contributed by atoms with van der Waals surface area (Å²) in [5.41, 5.74) is 1.55. The molecule has 0 saturated carbocycles. The third-order valence-corrected chi connectivity index (χ3v) is 4.08. The fraction of sp³-hybridized carbons (Fsp3) is 0.0667. The van der Waals surface area contributed by atoms with Crippen molar-refractivity contribution < 1.29 is 13.6 Å². The van der Waals surface area contributed by atoms with E-state index in [9.17, 15) is 13.6 Å². The first-order valence-electron chi connectivity index (χ1n) is 6.51. The Balaban J connectivity index is 2.39. The van der Waals surface area contributed by atoms with Crippen molar-refractivity contribution in [3.05, 3.63) is 54.5 Å². The Hall–Kier alpha value is -2.51. The number of pyridine rings is 1. The van der Waals surface area contributed by atoms with Crippen LogP contribution < -0.4 is 5.32 Å². The third kappa shape index (κ3) is 2.30. The first-order valence-corrected chi connectivity index (χ1v) is 7.62. The Kier molecular flexibility index (Phi) is 3.74. The van der Waals surface area contributed by atoms with E-state index in [1.807, 2.05) is 0 Å². The van der Waals surface area contributed by atoms with Gasteiger partial charge in [-0.05, 0) is 24.3 Å². The van der Waals surface area contributed by atoms with Gasteiger partial charge in [0.2, 0.25) is 0 Å². The van der Waals surface area contributed by atoms with Gasteiger partial charge in [-0.2, -0.15) is 0 Å². The lowest BCUT2D eigenvalue weighted by atomic mass is 10.3. The first kappa shape index (κ1) is 14.4. The van der Waals surface area contributed by atoms with Crippen LogP contribution in [0.2, 0.25) is 0 Å². The van der Waals surface area contributed by atoms with Crippen LogP contribution in [0.3, 0.4) is 0 Å². The summed E-state index contributed by atoms with van der Waals surface area (Å²) in [5, 5.41) is 3.41. The molecule has 0 spiro atoms. The molecule has 0 aliphatic heterocycles. The highest BCUT2D eigenvalue weighted by Gasteiger charge is 2.19. The molecule has 0 aliphatic rings. The Morgan fingerprint density at radius 3 is 2.82 bits per heavy atom.